The van der Waals surface area contributed by atoms with Crippen LogP contribution in [0, 0.1) is 17.8 Å². The maximum Gasteiger partial charge on any atom is 0.0203 e. The summed E-state index contributed by atoms with van der Waals surface area (Å²) in [5.41, 5.74) is 5.84. The van der Waals surface area contributed by atoms with E-state index >= 15 is 0 Å². The van der Waals surface area contributed by atoms with E-state index in [-0.39, 0.29) is 0 Å². The molecule has 0 saturated carbocycles. The van der Waals surface area contributed by atoms with Gasteiger partial charge >= 0.3 is 0 Å². The van der Waals surface area contributed by atoms with Gasteiger partial charge in [-0.15, -0.1) is 0 Å². The summed E-state index contributed by atoms with van der Waals surface area (Å²) in [6.45, 7) is 15.1. The van der Waals surface area contributed by atoms with E-state index in [4.69, 9.17) is 0 Å². The molecular formula is C20H29N. The zero-order chi connectivity index (χ0) is 15.0. The lowest BCUT2D eigenvalue weighted by molar-refractivity contribution is -0.161. The van der Waals surface area contributed by atoms with E-state index < -0.39 is 0 Å². The summed E-state index contributed by atoms with van der Waals surface area (Å²) < 4.78 is 0. The lowest BCUT2D eigenvalue weighted by Crippen LogP contribution is -2.72. The molecule has 1 aliphatic carbocycles. The molecule has 114 valence electrons. The summed E-state index contributed by atoms with van der Waals surface area (Å²) in [5, 5.41) is 0. The maximum atomic E-state index is 2.80. The highest BCUT2D eigenvalue weighted by atomic mass is 15.2. The summed E-state index contributed by atoms with van der Waals surface area (Å²) in [6.07, 6.45) is 3.92. The lowest BCUT2D eigenvalue weighted by atomic mass is 9.40. The Labute approximate surface area is 129 Å². The zero-order valence-electron chi connectivity index (χ0n) is 14.3. The fourth-order valence-electron chi connectivity index (χ4n) is 6.00. The van der Waals surface area contributed by atoms with E-state index in [2.05, 4.69) is 57.7 Å². The van der Waals surface area contributed by atoms with Crippen molar-refractivity contribution in [3.05, 3.63) is 34.9 Å². The van der Waals surface area contributed by atoms with Gasteiger partial charge < -0.3 is 0 Å². The van der Waals surface area contributed by atoms with E-state index in [1.807, 2.05) is 0 Å². The highest BCUT2D eigenvalue weighted by Gasteiger charge is 2.65. The van der Waals surface area contributed by atoms with Crippen LogP contribution in [0.5, 0.6) is 0 Å². The zero-order valence-corrected chi connectivity index (χ0v) is 14.3. The van der Waals surface area contributed by atoms with Crippen molar-refractivity contribution in [3.63, 3.8) is 0 Å². The maximum absolute atomic E-state index is 2.80. The van der Waals surface area contributed by atoms with Gasteiger partial charge in [-0.25, -0.2) is 0 Å². The molecule has 4 rings (SSSR count). The number of rotatable bonds is 0. The molecule has 1 aromatic rings. The summed E-state index contributed by atoms with van der Waals surface area (Å²) in [6, 6.07) is 7.95. The Bertz CT molecular complexity index is 602. The van der Waals surface area contributed by atoms with E-state index in [1.54, 1.807) is 11.1 Å². The first-order valence-electron chi connectivity index (χ1n) is 8.64. The SMILES string of the molecule is Cc1ccc2c(c1)C1(C)CCN3CCC(C)(C)C1(C)C3C2. The molecule has 1 nitrogen and oxygen atoms in total. The smallest absolute Gasteiger partial charge is 0.0203 e. The van der Waals surface area contributed by atoms with Crippen LogP contribution >= 0.6 is 0 Å². The quantitative estimate of drug-likeness (QED) is 0.685. The molecule has 21 heavy (non-hydrogen) atoms. The molecule has 4 unspecified atom stereocenters. The number of hydrogen-bond acceptors (Lipinski definition) is 1. The van der Waals surface area contributed by atoms with Crippen LogP contribution in [-0.2, 0) is 11.8 Å². The molecular weight excluding hydrogens is 254 g/mol. The molecule has 0 spiro atoms. The summed E-state index contributed by atoms with van der Waals surface area (Å²) in [7, 11) is 0. The van der Waals surface area contributed by atoms with Gasteiger partial charge in [0.2, 0.25) is 0 Å². The van der Waals surface area contributed by atoms with Crippen LogP contribution in [0.4, 0.5) is 0 Å². The van der Waals surface area contributed by atoms with Gasteiger partial charge in [-0.1, -0.05) is 51.5 Å². The molecule has 2 heterocycles. The molecule has 0 radical (unpaired) electrons. The first kappa shape index (κ1) is 13.8. The van der Waals surface area contributed by atoms with Crippen molar-refractivity contribution in [3.8, 4) is 0 Å². The Kier molecular flexibility index (Phi) is 2.58. The molecule has 0 amide bonds. The molecule has 4 bridgehead atoms. The number of fused-ring (bicyclic) bond motifs is 2. The molecule has 2 saturated heterocycles. The third-order valence-corrected chi connectivity index (χ3v) is 7.86. The van der Waals surface area contributed by atoms with Crippen molar-refractivity contribution in [2.75, 3.05) is 13.1 Å². The van der Waals surface area contributed by atoms with Crippen molar-refractivity contribution < 1.29 is 0 Å². The van der Waals surface area contributed by atoms with E-state index in [0.29, 0.717) is 16.2 Å². The Morgan fingerprint density at radius 2 is 1.76 bits per heavy atom. The van der Waals surface area contributed by atoms with Crippen molar-refractivity contribution >= 4 is 0 Å². The predicted molar refractivity (Wildman–Crippen MR) is 88.7 cm³/mol. The van der Waals surface area contributed by atoms with Gasteiger partial charge in [0.1, 0.15) is 0 Å². The molecule has 2 aliphatic heterocycles. The number of aryl methyl sites for hydroxylation is 1. The van der Waals surface area contributed by atoms with Crippen LogP contribution < -0.4 is 0 Å². The summed E-state index contributed by atoms with van der Waals surface area (Å²) >= 11 is 0. The molecule has 1 aromatic carbocycles. The van der Waals surface area contributed by atoms with Crippen molar-refractivity contribution in [1.29, 1.82) is 0 Å². The van der Waals surface area contributed by atoms with Gasteiger partial charge in [0.25, 0.3) is 0 Å². The standard InChI is InChI=1S/C20H29N/c1-14-6-7-15-13-17-20(5)18(2,3)8-10-21(17)11-9-19(20,4)16(15)12-14/h6-7,12,17H,8-11,13H2,1-5H3. The van der Waals surface area contributed by atoms with Crippen molar-refractivity contribution in [1.82, 2.24) is 4.90 Å². The molecule has 0 N–H and O–H groups in total. The first-order valence-corrected chi connectivity index (χ1v) is 8.64. The minimum Gasteiger partial charge on any atom is -0.299 e. The van der Waals surface area contributed by atoms with Gasteiger partial charge in [0, 0.05) is 11.5 Å². The minimum absolute atomic E-state index is 0.331. The second kappa shape index (κ2) is 3.93. The monoisotopic (exact) mass is 283 g/mol. The Morgan fingerprint density at radius 1 is 1.05 bits per heavy atom. The van der Waals surface area contributed by atoms with Gasteiger partial charge in [-0.3, -0.25) is 4.90 Å². The Hall–Kier alpha value is -0.820. The molecule has 3 aliphatic rings. The van der Waals surface area contributed by atoms with Crippen LogP contribution in [0.1, 0.15) is 57.2 Å². The minimum atomic E-state index is 0.331. The average molecular weight is 283 g/mol. The fourth-order valence-corrected chi connectivity index (χ4v) is 6.00. The van der Waals surface area contributed by atoms with Crippen LogP contribution in [-0.4, -0.2) is 24.0 Å². The van der Waals surface area contributed by atoms with Gasteiger partial charge in [-0.05, 0) is 61.2 Å². The Balaban J connectivity index is 1.99. The second-order valence-electron chi connectivity index (χ2n) is 8.83. The number of piperidine rings is 2. The second-order valence-corrected chi connectivity index (χ2v) is 8.83. The Morgan fingerprint density at radius 3 is 2.52 bits per heavy atom. The van der Waals surface area contributed by atoms with Crippen molar-refractivity contribution in [2.24, 2.45) is 10.8 Å². The topological polar surface area (TPSA) is 3.24 Å². The fraction of sp³-hybridized carbons (Fsp3) is 0.700. The molecule has 4 atom stereocenters. The van der Waals surface area contributed by atoms with E-state index in [1.165, 1.54) is 37.9 Å². The van der Waals surface area contributed by atoms with Crippen molar-refractivity contribution in [2.45, 2.75) is 65.3 Å². The molecule has 0 aromatic heterocycles. The highest BCUT2D eigenvalue weighted by Crippen LogP contribution is 2.66. The van der Waals surface area contributed by atoms with Gasteiger partial charge in [0.15, 0.2) is 0 Å². The molecule has 1 heteroatoms. The van der Waals surface area contributed by atoms with E-state index in [9.17, 15) is 0 Å². The number of benzene rings is 1. The van der Waals surface area contributed by atoms with Crippen LogP contribution in [0.25, 0.3) is 0 Å². The van der Waals surface area contributed by atoms with E-state index in [0.717, 1.165) is 6.04 Å². The van der Waals surface area contributed by atoms with Gasteiger partial charge in [0.05, 0.1) is 0 Å². The van der Waals surface area contributed by atoms with Crippen LogP contribution in [0.2, 0.25) is 0 Å². The summed E-state index contributed by atoms with van der Waals surface area (Å²) in [5.74, 6) is 0. The van der Waals surface area contributed by atoms with Crippen LogP contribution in [0.3, 0.4) is 0 Å². The summed E-state index contributed by atoms with van der Waals surface area (Å²) in [4.78, 5) is 2.80. The lowest BCUT2D eigenvalue weighted by Gasteiger charge is -2.70. The van der Waals surface area contributed by atoms with Crippen LogP contribution in [0.15, 0.2) is 18.2 Å². The first-order chi connectivity index (χ1) is 9.79. The predicted octanol–water partition coefficient (Wildman–Crippen LogP) is 4.32. The average Bonchev–Trinajstić information content (AvgIpc) is 2.41. The normalized spacial score (nSPS) is 43.3. The third-order valence-electron chi connectivity index (χ3n) is 7.86. The highest BCUT2D eigenvalue weighted by molar-refractivity contribution is 5.45. The molecule has 2 fully saturated rings. The third kappa shape index (κ3) is 1.46. The number of nitrogens with zero attached hydrogens (tertiary/aromatic N) is 1. The number of hydrogen-bond donors (Lipinski definition) is 0. The largest absolute Gasteiger partial charge is 0.299 e. The van der Waals surface area contributed by atoms with Gasteiger partial charge in [-0.2, -0.15) is 0 Å².